The molecule has 32 heavy (non-hydrogen) atoms. The van der Waals surface area contributed by atoms with E-state index in [0.717, 1.165) is 37.5 Å². The lowest BCUT2D eigenvalue weighted by atomic mass is 10.0. The van der Waals surface area contributed by atoms with Gasteiger partial charge >= 0.3 is 6.18 Å². The largest absolute Gasteiger partial charge is 0.416 e. The number of halogens is 3. The van der Waals surface area contributed by atoms with Gasteiger partial charge in [-0.05, 0) is 24.6 Å². The average Bonchev–Trinajstić information content (AvgIpc) is 2.76. The molecule has 0 aromatic heterocycles. The molecule has 1 rings (SSSR count). The highest BCUT2D eigenvalue weighted by molar-refractivity contribution is 6.04. The van der Waals surface area contributed by atoms with Crippen LogP contribution in [0, 0.1) is 0 Å². The summed E-state index contributed by atoms with van der Waals surface area (Å²) in [6, 6.07) is 4.09. The molecule has 0 unspecified atom stereocenters. The maximum Gasteiger partial charge on any atom is 0.416 e. The van der Waals surface area contributed by atoms with Gasteiger partial charge in [-0.15, -0.1) is 0 Å². The fourth-order valence-corrected chi connectivity index (χ4v) is 3.75. The van der Waals surface area contributed by atoms with E-state index in [1.54, 1.807) is 0 Å². The summed E-state index contributed by atoms with van der Waals surface area (Å²) in [5.41, 5.74) is -1.07. The van der Waals surface area contributed by atoms with E-state index in [0.29, 0.717) is 6.42 Å². The molecular formula is C26H40F3NO2. The number of rotatable bonds is 17. The third-order valence-corrected chi connectivity index (χ3v) is 5.71. The summed E-state index contributed by atoms with van der Waals surface area (Å²) in [6.07, 6.45) is 14.1. The monoisotopic (exact) mass is 455 g/mol. The maximum absolute atomic E-state index is 12.7. The van der Waals surface area contributed by atoms with Crippen molar-refractivity contribution in [3.05, 3.63) is 35.4 Å². The summed E-state index contributed by atoms with van der Waals surface area (Å²) in [7, 11) is 0. The van der Waals surface area contributed by atoms with Gasteiger partial charge in [0.1, 0.15) is 0 Å². The number of hydrogen-bond acceptors (Lipinski definition) is 2. The predicted octanol–water partition coefficient (Wildman–Crippen LogP) is 8.22. The summed E-state index contributed by atoms with van der Waals surface area (Å²) in [5.74, 6) is -1.23. The standard InChI is InChI=1S/C26H40F3NO2/c1-2-3-4-5-6-7-8-9-10-11-12-13-14-15-16-20-24(31)30-25(32)22-18-17-19-23(21-22)26(27,28)29/h17-19,21H,2-16,20H2,1H3,(H,30,31,32). The van der Waals surface area contributed by atoms with Crippen molar-refractivity contribution < 1.29 is 22.8 Å². The maximum atomic E-state index is 12.7. The van der Waals surface area contributed by atoms with E-state index in [9.17, 15) is 22.8 Å². The molecule has 0 heterocycles. The molecular weight excluding hydrogens is 415 g/mol. The molecule has 1 aromatic rings. The highest BCUT2D eigenvalue weighted by Crippen LogP contribution is 2.29. The average molecular weight is 456 g/mol. The van der Waals surface area contributed by atoms with Crippen molar-refractivity contribution in [2.75, 3.05) is 0 Å². The van der Waals surface area contributed by atoms with Gasteiger partial charge in [-0.1, -0.05) is 103 Å². The van der Waals surface area contributed by atoms with Crippen LogP contribution in [-0.2, 0) is 11.0 Å². The number of amides is 2. The van der Waals surface area contributed by atoms with Crippen LogP contribution in [0.4, 0.5) is 13.2 Å². The fraction of sp³-hybridized carbons (Fsp3) is 0.692. The second kappa shape index (κ2) is 16.7. The molecule has 0 aliphatic heterocycles. The molecule has 6 heteroatoms. The van der Waals surface area contributed by atoms with Crippen molar-refractivity contribution in [1.82, 2.24) is 5.32 Å². The Bertz CT molecular complexity index is 659. The summed E-state index contributed by atoms with van der Waals surface area (Å²) in [5, 5.41) is 2.18. The Kier molecular flexibility index (Phi) is 14.7. The zero-order valence-corrected chi connectivity index (χ0v) is 19.6. The summed E-state index contributed by atoms with van der Waals surface area (Å²) < 4.78 is 38.2. The second-order valence-electron chi connectivity index (χ2n) is 8.66. The fourth-order valence-electron chi connectivity index (χ4n) is 3.75. The van der Waals surface area contributed by atoms with Crippen LogP contribution < -0.4 is 5.32 Å². The number of benzene rings is 1. The number of nitrogens with one attached hydrogen (secondary N) is 1. The van der Waals surface area contributed by atoms with Crippen molar-refractivity contribution >= 4 is 11.8 Å². The van der Waals surface area contributed by atoms with Gasteiger partial charge < -0.3 is 0 Å². The Hall–Kier alpha value is -1.85. The number of imide groups is 1. The van der Waals surface area contributed by atoms with E-state index >= 15 is 0 Å². The smallest absolute Gasteiger partial charge is 0.292 e. The molecule has 0 aliphatic carbocycles. The topological polar surface area (TPSA) is 46.2 Å². The lowest BCUT2D eigenvalue weighted by Gasteiger charge is -2.09. The molecule has 0 atom stereocenters. The third kappa shape index (κ3) is 13.5. The Balaban J connectivity index is 2.00. The van der Waals surface area contributed by atoms with E-state index in [-0.39, 0.29) is 12.0 Å². The first kappa shape index (κ1) is 28.2. The molecule has 2 amide bonds. The summed E-state index contributed by atoms with van der Waals surface area (Å²) >= 11 is 0. The molecule has 0 aliphatic rings. The second-order valence-corrected chi connectivity index (χ2v) is 8.66. The zero-order valence-electron chi connectivity index (χ0n) is 19.6. The molecule has 0 spiro atoms. The van der Waals surface area contributed by atoms with Crippen molar-refractivity contribution in [2.45, 2.75) is 116 Å². The van der Waals surface area contributed by atoms with E-state index in [2.05, 4.69) is 12.2 Å². The van der Waals surface area contributed by atoms with Gasteiger partial charge in [-0.2, -0.15) is 13.2 Å². The number of alkyl halides is 3. The minimum atomic E-state index is -4.52. The van der Waals surface area contributed by atoms with Gasteiger partial charge in [0.15, 0.2) is 0 Å². The highest BCUT2D eigenvalue weighted by Gasteiger charge is 2.31. The molecule has 0 radical (unpaired) electrons. The van der Waals surface area contributed by atoms with Gasteiger partial charge in [0.25, 0.3) is 5.91 Å². The molecule has 0 fully saturated rings. The van der Waals surface area contributed by atoms with Gasteiger partial charge in [-0.25, -0.2) is 0 Å². The number of carbonyl (C=O) groups is 2. The van der Waals surface area contributed by atoms with Gasteiger partial charge in [0.05, 0.1) is 5.56 Å². The molecule has 1 aromatic carbocycles. The first-order chi connectivity index (χ1) is 15.3. The Morgan fingerprint density at radius 2 is 1.22 bits per heavy atom. The van der Waals surface area contributed by atoms with Crippen LogP contribution in [0.3, 0.4) is 0 Å². The Labute approximate surface area is 191 Å². The minimum Gasteiger partial charge on any atom is -0.292 e. The van der Waals surface area contributed by atoms with E-state index in [1.165, 1.54) is 76.7 Å². The van der Waals surface area contributed by atoms with Crippen molar-refractivity contribution in [1.29, 1.82) is 0 Å². The van der Waals surface area contributed by atoms with Crippen LogP contribution in [0.1, 0.15) is 126 Å². The van der Waals surface area contributed by atoms with Crippen LogP contribution >= 0.6 is 0 Å². The number of carbonyl (C=O) groups excluding carboxylic acids is 2. The van der Waals surface area contributed by atoms with Crippen molar-refractivity contribution in [3.63, 3.8) is 0 Å². The van der Waals surface area contributed by atoms with Crippen LogP contribution in [0.15, 0.2) is 24.3 Å². The van der Waals surface area contributed by atoms with Crippen molar-refractivity contribution in [3.8, 4) is 0 Å². The molecule has 0 bridgehead atoms. The quantitative estimate of drug-likeness (QED) is 0.241. The minimum absolute atomic E-state index is 0.162. The van der Waals surface area contributed by atoms with Crippen LogP contribution in [0.5, 0.6) is 0 Å². The molecule has 182 valence electrons. The normalized spacial score (nSPS) is 11.5. The Morgan fingerprint density at radius 1 is 0.750 bits per heavy atom. The molecule has 0 saturated carbocycles. The summed E-state index contributed by atoms with van der Waals surface area (Å²) in [6.45, 7) is 2.24. The lowest BCUT2D eigenvalue weighted by molar-refractivity contribution is -0.137. The first-order valence-corrected chi connectivity index (χ1v) is 12.4. The van der Waals surface area contributed by atoms with Crippen LogP contribution in [0.25, 0.3) is 0 Å². The van der Waals surface area contributed by atoms with E-state index in [4.69, 9.17) is 0 Å². The molecule has 3 nitrogen and oxygen atoms in total. The third-order valence-electron chi connectivity index (χ3n) is 5.71. The van der Waals surface area contributed by atoms with Crippen LogP contribution in [-0.4, -0.2) is 11.8 Å². The van der Waals surface area contributed by atoms with Gasteiger partial charge in [-0.3, -0.25) is 14.9 Å². The number of hydrogen-bond donors (Lipinski definition) is 1. The Morgan fingerprint density at radius 3 is 1.69 bits per heavy atom. The summed E-state index contributed by atoms with van der Waals surface area (Å²) in [4.78, 5) is 23.9. The van der Waals surface area contributed by atoms with E-state index in [1.807, 2.05) is 0 Å². The van der Waals surface area contributed by atoms with Gasteiger partial charge in [0.2, 0.25) is 5.91 Å². The zero-order chi connectivity index (χ0) is 23.7. The molecule has 1 N–H and O–H groups in total. The lowest BCUT2D eigenvalue weighted by Crippen LogP contribution is -2.30. The SMILES string of the molecule is CCCCCCCCCCCCCCCCCC(=O)NC(=O)c1cccc(C(F)(F)F)c1. The van der Waals surface area contributed by atoms with Crippen LogP contribution in [0.2, 0.25) is 0 Å². The first-order valence-electron chi connectivity index (χ1n) is 12.4. The number of unbranched alkanes of at least 4 members (excludes halogenated alkanes) is 14. The van der Waals surface area contributed by atoms with Gasteiger partial charge in [0, 0.05) is 12.0 Å². The van der Waals surface area contributed by atoms with Crippen molar-refractivity contribution in [2.24, 2.45) is 0 Å². The molecule has 0 saturated heterocycles. The predicted molar refractivity (Wildman–Crippen MR) is 123 cm³/mol. The van der Waals surface area contributed by atoms with E-state index < -0.39 is 23.6 Å². The highest BCUT2D eigenvalue weighted by atomic mass is 19.4.